The summed E-state index contributed by atoms with van der Waals surface area (Å²) in [4.78, 5) is 37.2. The van der Waals surface area contributed by atoms with Crippen molar-refractivity contribution in [2.24, 2.45) is 0 Å². The number of rotatable bonds is 4. The van der Waals surface area contributed by atoms with Crippen LogP contribution in [0.3, 0.4) is 0 Å². The monoisotopic (exact) mass is 476 g/mol. The quantitative estimate of drug-likeness (QED) is 0.574. The first-order valence-corrected chi connectivity index (χ1v) is 12.3. The summed E-state index contributed by atoms with van der Waals surface area (Å²) < 4.78 is 6.06. The first-order chi connectivity index (χ1) is 16.4. The number of piperazine rings is 1. The Morgan fingerprint density at radius 3 is 2.18 bits per heavy atom. The fourth-order valence-corrected chi connectivity index (χ4v) is 5.73. The molecule has 0 bridgehead atoms. The number of nitrogens with zero attached hydrogens (tertiary/aromatic N) is 4. The number of ether oxygens (including phenoxy) is 1. The van der Waals surface area contributed by atoms with Gasteiger partial charge in [0.1, 0.15) is 21.4 Å². The zero-order valence-corrected chi connectivity index (χ0v) is 20.5. The summed E-state index contributed by atoms with van der Waals surface area (Å²) in [6.45, 7) is 5.44. The van der Waals surface area contributed by atoms with E-state index in [0.29, 0.717) is 24.5 Å². The van der Waals surface area contributed by atoms with E-state index < -0.39 is 0 Å². The number of hydrogen-bond acceptors (Lipinski definition) is 6. The molecule has 0 N–H and O–H groups in total. The lowest BCUT2D eigenvalue weighted by molar-refractivity contribution is -0.133. The molecule has 5 rings (SSSR count). The summed E-state index contributed by atoms with van der Waals surface area (Å²) in [6, 6.07) is 15.6. The molecule has 1 fully saturated rings. The third kappa shape index (κ3) is 4.19. The van der Waals surface area contributed by atoms with Crippen LogP contribution < -0.4 is 4.74 Å². The van der Waals surface area contributed by atoms with Gasteiger partial charge in [0, 0.05) is 51.4 Å². The van der Waals surface area contributed by atoms with E-state index in [2.05, 4.69) is 9.88 Å². The van der Waals surface area contributed by atoms with Gasteiger partial charge in [-0.05, 0) is 19.1 Å². The Balaban J connectivity index is 1.28. The van der Waals surface area contributed by atoms with Crippen LogP contribution in [0.15, 0.2) is 48.5 Å². The van der Waals surface area contributed by atoms with Gasteiger partial charge in [-0.2, -0.15) is 0 Å². The summed E-state index contributed by atoms with van der Waals surface area (Å²) >= 11 is 1.47. The van der Waals surface area contributed by atoms with Crippen LogP contribution in [0.4, 0.5) is 0 Å². The summed E-state index contributed by atoms with van der Waals surface area (Å²) in [7, 11) is 3.51. The van der Waals surface area contributed by atoms with E-state index in [1.54, 1.807) is 19.0 Å². The molecule has 2 amide bonds. The van der Waals surface area contributed by atoms with Gasteiger partial charge in [0.05, 0.1) is 18.2 Å². The lowest BCUT2D eigenvalue weighted by atomic mass is 9.86. The topological polar surface area (TPSA) is 66.0 Å². The molecule has 0 unspecified atom stereocenters. The van der Waals surface area contributed by atoms with Crippen molar-refractivity contribution < 1.29 is 14.3 Å². The van der Waals surface area contributed by atoms with Crippen molar-refractivity contribution in [1.82, 2.24) is 19.7 Å². The number of hydrogen-bond donors (Lipinski definition) is 0. The van der Waals surface area contributed by atoms with Gasteiger partial charge in [0.2, 0.25) is 5.91 Å². The van der Waals surface area contributed by atoms with Crippen molar-refractivity contribution in [2.75, 3.05) is 40.3 Å². The molecule has 2 aliphatic heterocycles. The molecule has 3 aromatic rings. The molecule has 0 aliphatic carbocycles. The van der Waals surface area contributed by atoms with Crippen molar-refractivity contribution in [2.45, 2.75) is 19.4 Å². The minimum Gasteiger partial charge on any atom is -0.457 e. The normalized spacial score (nSPS) is 15.9. The maximum atomic E-state index is 13.7. The van der Waals surface area contributed by atoms with Crippen molar-refractivity contribution in [3.63, 3.8) is 0 Å². The third-order valence-electron chi connectivity index (χ3n) is 6.41. The largest absolute Gasteiger partial charge is 0.457 e. The van der Waals surface area contributed by atoms with E-state index in [-0.39, 0.29) is 17.7 Å². The molecule has 1 saturated heterocycles. The molecule has 176 valence electrons. The molecule has 1 aromatic heterocycles. The Labute approximate surface area is 203 Å². The van der Waals surface area contributed by atoms with Crippen LogP contribution >= 0.6 is 11.3 Å². The highest BCUT2D eigenvalue weighted by Gasteiger charge is 2.36. The predicted molar refractivity (Wildman–Crippen MR) is 132 cm³/mol. The van der Waals surface area contributed by atoms with E-state index in [4.69, 9.17) is 4.74 Å². The van der Waals surface area contributed by atoms with E-state index in [0.717, 1.165) is 46.4 Å². The van der Waals surface area contributed by atoms with Crippen LogP contribution in [0.1, 0.15) is 37.4 Å². The number of amides is 2. The molecule has 0 atom stereocenters. The van der Waals surface area contributed by atoms with E-state index >= 15 is 0 Å². The number of fused-ring (bicyclic) bond motifs is 2. The Morgan fingerprint density at radius 1 is 1.00 bits per heavy atom. The zero-order valence-electron chi connectivity index (χ0n) is 19.7. The zero-order chi connectivity index (χ0) is 23.8. The number of aromatic nitrogens is 1. The van der Waals surface area contributed by atoms with Gasteiger partial charge in [-0.3, -0.25) is 14.5 Å². The van der Waals surface area contributed by atoms with E-state index in [9.17, 15) is 9.59 Å². The van der Waals surface area contributed by atoms with Gasteiger partial charge in [-0.15, -0.1) is 11.3 Å². The van der Waals surface area contributed by atoms with Crippen LogP contribution in [0.2, 0.25) is 0 Å². The molecule has 0 saturated carbocycles. The van der Waals surface area contributed by atoms with Crippen molar-refractivity contribution >= 4 is 23.2 Å². The first-order valence-electron chi connectivity index (χ1n) is 11.5. The van der Waals surface area contributed by atoms with E-state index in [1.807, 2.05) is 60.4 Å². The highest BCUT2D eigenvalue weighted by Crippen LogP contribution is 2.44. The smallest absolute Gasteiger partial charge is 0.265 e. The van der Waals surface area contributed by atoms with Crippen molar-refractivity contribution in [1.29, 1.82) is 0 Å². The Hall–Kier alpha value is -3.23. The van der Waals surface area contributed by atoms with Gasteiger partial charge in [0.25, 0.3) is 5.91 Å². The van der Waals surface area contributed by atoms with Crippen molar-refractivity contribution in [3.05, 3.63) is 75.2 Å². The molecule has 34 heavy (non-hydrogen) atoms. The number of aryl methyl sites for hydroxylation is 1. The van der Waals surface area contributed by atoms with Gasteiger partial charge in [-0.1, -0.05) is 36.4 Å². The third-order valence-corrected chi connectivity index (χ3v) is 7.54. The molecule has 3 heterocycles. The fraction of sp³-hybridized carbons (Fsp3) is 0.346. The first kappa shape index (κ1) is 22.6. The van der Waals surface area contributed by atoms with Crippen LogP contribution in [-0.2, 0) is 11.3 Å². The predicted octanol–water partition coefficient (Wildman–Crippen LogP) is 3.74. The lowest BCUT2D eigenvalue weighted by Crippen LogP contribution is -2.49. The molecule has 7 nitrogen and oxygen atoms in total. The lowest BCUT2D eigenvalue weighted by Gasteiger charge is -2.37. The van der Waals surface area contributed by atoms with Gasteiger partial charge in [0.15, 0.2) is 0 Å². The van der Waals surface area contributed by atoms with Crippen LogP contribution in [0, 0.1) is 6.92 Å². The Kier molecular flexibility index (Phi) is 6.10. The Morgan fingerprint density at radius 2 is 1.59 bits per heavy atom. The van der Waals surface area contributed by atoms with Gasteiger partial charge < -0.3 is 14.5 Å². The summed E-state index contributed by atoms with van der Waals surface area (Å²) in [5.74, 6) is 1.26. The standard InChI is InChI=1S/C26H28N4O3S/c1-17-24(26(32)28(2)3)34-22(27-17)16-29-12-14-30(15-13-29)25(31)23-18-8-4-6-10-20(18)33-21-11-7-5-9-19(21)23/h4-11,23H,12-16H2,1-3H3. The van der Waals surface area contributed by atoms with Crippen LogP contribution in [-0.4, -0.2) is 71.8 Å². The molecule has 2 aliphatic rings. The number of benzene rings is 2. The number of carbonyl (C=O) groups excluding carboxylic acids is 2. The molecule has 0 radical (unpaired) electrons. The minimum atomic E-state index is -0.353. The highest BCUT2D eigenvalue weighted by molar-refractivity contribution is 7.13. The van der Waals surface area contributed by atoms with Crippen molar-refractivity contribution in [3.8, 4) is 11.5 Å². The molecular formula is C26H28N4O3S. The van der Waals surface area contributed by atoms with Crippen LogP contribution in [0.5, 0.6) is 11.5 Å². The van der Waals surface area contributed by atoms with E-state index in [1.165, 1.54) is 11.3 Å². The molecule has 0 spiro atoms. The number of thiazole rings is 1. The second-order valence-corrected chi connectivity index (χ2v) is 10.0. The summed E-state index contributed by atoms with van der Waals surface area (Å²) in [5, 5.41) is 0.940. The average Bonchev–Trinajstić information content (AvgIpc) is 3.21. The number of para-hydroxylation sites is 2. The molecule has 8 heteroatoms. The summed E-state index contributed by atoms with van der Waals surface area (Å²) in [6.07, 6.45) is 0. The summed E-state index contributed by atoms with van der Waals surface area (Å²) in [5.41, 5.74) is 2.62. The molecule has 2 aromatic carbocycles. The highest BCUT2D eigenvalue weighted by atomic mass is 32.1. The number of carbonyl (C=O) groups is 2. The maximum absolute atomic E-state index is 13.7. The van der Waals surface area contributed by atoms with Gasteiger partial charge in [-0.25, -0.2) is 4.98 Å². The Bertz CT molecular complexity index is 1180. The SMILES string of the molecule is Cc1nc(CN2CCN(C(=O)C3c4ccccc4Oc4ccccc43)CC2)sc1C(=O)N(C)C. The second-order valence-electron chi connectivity index (χ2n) is 8.93. The molecular weight excluding hydrogens is 448 g/mol. The van der Waals surface area contributed by atoms with Gasteiger partial charge >= 0.3 is 0 Å². The fourth-order valence-electron chi connectivity index (χ4n) is 4.60. The average molecular weight is 477 g/mol. The minimum absolute atomic E-state index is 0.00584. The maximum Gasteiger partial charge on any atom is 0.265 e. The second kappa shape index (κ2) is 9.19. The van der Waals surface area contributed by atoms with Crippen LogP contribution in [0.25, 0.3) is 0 Å².